The molecule has 0 aromatic carbocycles. The van der Waals surface area contributed by atoms with Crippen molar-refractivity contribution < 1.29 is 9.90 Å². The van der Waals surface area contributed by atoms with Gasteiger partial charge in [0.2, 0.25) is 5.91 Å². The molecule has 5 nitrogen and oxygen atoms in total. The van der Waals surface area contributed by atoms with E-state index >= 15 is 0 Å². The van der Waals surface area contributed by atoms with Crippen LogP contribution in [0.1, 0.15) is 45.4 Å². The van der Waals surface area contributed by atoms with Crippen molar-refractivity contribution in [3.05, 3.63) is 0 Å². The largest absolute Gasteiger partial charge is 0.392 e. The van der Waals surface area contributed by atoms with Crippen molar-refractivity contribution in [2.75, 3.05) is 27.2 Å². The molecule has 2 rings (SSSR count). The molecular formula is C16H31N3O2. The van der Waals surface area contributed by atoms with Gasteiger partial charge in [-0.1, -0.05) is 19.3 Å². The van der Waals surface area contributed by atoms with Crippen LogP contribution in [0.3, 0.4) is 0 Å². The average Bonchev–Trinajstić information content (AvgIpc) is 2.79. The standard InChI is InChI=1S/C16H31N3O2/c1-12(16(21)17-13-7-5-4-6-8-13)19-11-15(20)9-14(19)10-18(2)3/h12-15,20H,4-11H2,1-3H3,(H,17,21). The second kappa shape index (κ2) is 7.56. The number of aliphatic hydroxyl groups excluding tert-OH is 1. The molecule has 0 aromatic heterocycles. The summed E-state index contributed by atoms with van der Waals surface area (Å²) >= 11 is 0. The van der Waals surface area contributed by atoms with Crippen LogP contribution in [0.15, 0.2) is 0 Å². The summed E-state index contributed by atoms with van der Waals surface area (Å²) in [5, 5.41) is 13.2. The van der Waals surface area contributed by atoms with Gasteiger partial charge in [0, 0.05) is 25.2 Å². The van der Waals surface area contributed by atoms with Gasteiger partial charge in [-0.2, -0.15) is 0 Å². The Bertz CT molecular complexity index is 342. The van der Waals surface area contributed by atoms with E-state index in [9.17, 15) is 9.90 Å². The van der Waals surface area contributed by atoms with Gasteiger partial charge in [0.05, 0.1) is 12.1 Å². The molecule has 2 aliphatic rings. The smallest absolute Gasteiger partial charge is 0.237 e. The first-order valence-corrected chi connectivity index (χ1v) is 8.36. The summed E-state index contributed by atoms with van der Waals surface area (Å²) in [4.78, 5) is 16.8. The number of hydrogen-bond donors (Lipinski definition) is 2. The minimum atomic E-state index is -0.306. The van der Waals surface area contributed by atoms with Crippen LogP contribution in [-0.4, -0.2) is 72.2 Å². The zero-order chi connectivity index (χ0) is 15.4. The molecule has 0 radical (unpaired) electrons. The van der Waals surface area contributed by atoms with Gasteiger partial charge in [0.15, 0.2) is 0 Å². The number of hydrogen-bond acceptors (Lipinski definition) is 4. The SMILES string of the molecule is CC(C(=O)NC1CCCCC1)N1CC(O)CC1CN(C)C. The quantitative estimate of drug-likeness (QED) is 0.789. The number of amides is 1. The molecule has 21 heavy (non-hydrogen) atoms. The molecule has 0 spiro atoms. The lowest BCUT2D eigenvalue weighted by Gasteiger charge is -2.32. The summed E-state index contributed by atoms with van der Waals surface area (Å²) < 4.78 is 0. The number of aliphatic hydroxyl groups is 1. The summed E-state index contributed by atoms with van der Waals surface area (Å²) in [6.45, 7) is 3.47. The molecule has 2 fully saturated rings. The lowest BCUT2D eigenvalue weighted by Crippen LogP contribution is -2.52. The molecule has 3 unspecified atom stereocenters. The predicted octanol–water partition coefficient (Wildman–Crippen LogP) is 0.821. The van der Waals surface area contributed by atoms with E-state index in [4.69, 9.17) is 0 Å². The summed E-state index contributed by atoms with van der Waals surface area (Å²) in [7, 11) is 4.07. The number of likely N-dealkylation sites (N-methyl/N-ethyl adjacent to an activating group) is 1. The molecule has 1 saturated heterocycles. The molecular weight excluding hydrogens is 266 g/mol. The predicted molar refractivity (Wildman–Crippen MR) is 84.1 cm³/mol. The molecule has 1 heterocycles. The van der Waals surface area contributed by atoms with Crippen LogP contribution in [0, 0.1) is 0 Å². The first kappa shape index (κ1) is 16.7. The van der Waals surface area contributed by atoms with Crippen molar-refractivity contribution in [3.63, 3.8) is 0 Å². The lowest BCUT2D eigenvalue weighted by atomic mass is 9.95. The number of rotatable bonds is 5. The lowest BCUT2D eigenvalue weighted by molar-refractivity contribution is -0.127. The van der Waals surface area contributed by atoms with Crippen LogP contribution >= 0.6 is 0 Å². The first-order valence-electron chi connectivity index (χ1n) is 8.36. The fourth-order valence-corrected chi connectivity index (χ4v) is 3.71. The summed E-state index contributed by atoms with van der Waals surface area (Å²) in [6.07, 6.45) is 6.44. The fraction of sp³-hybridized carbons (Fsp3) is 0.938. The first-order chi connectivity index (χ1) is 9.97. The molecule has 1 amide bonds. The van der Waals surface area contributed by atoms with E-state index in [2.05, 4.69) is 15.1 Å². The summed E-state index contributed by atoms with van der Waals surface area (Å²) in [5.74, 6) is 0.125. The van der Waals surface area contributed by atoms with E-state index in [0.29, 0.717) is 12.6 Å². The van der Waals surface area contributed by atoms with E-state index in [0.717, 1.165) is 25.8 Å². The van der Waals surface area contributed by atoms with Crippen molar-refractivity contribution in [2.24, 2.45) is 0 Å². The van der Waals surface area contributed by atoms with Crippen LogP contribution in [0.5, 0.6) is 0 Å². The van der Waals surface area contributed by atoms with Crippen LogP contribution in [0.4, 0.5) is 0 Å². The zero-order valence-corrected chi connectivity index (χ0v) is 13.7. The molecule has 2 N–H and O–H groups in total. The monoisotopic (exact) mass is 297 g/mol. The van der Waals surface area contributed by atoms with Crippen molar-refractivity contribution in [1.82, 2.24) is 15.1 Å². The number of β-amino-alcohol motifs (C(OH)–C–C–N with tert-alkyl or cyclic N) is 1. The highest BCUT2D eigenvalue weighted by Crippen LogP contribution is 2.22. The molecule has 1 aliphatic carbocycles. The normalized spacial score (nSPS) is 29.8. The fourth-order valence-electron chi connectivity index (χ4n) is 3.71. The van der Waals surface area contributed by atoms with Crippen molar-refractivity contribution in [1.29, 1.82) is 0 Å². The number of carbonyl (C=O) groups excluding carboxylic acids is 1. The van der Waals surface area contributed by atoms with Crippen LogP contribution in [-0.2, 0) is 4.79 Å². The highest BCUT2D eigenvalue weighted by atomic mass is 16.3. The second-order valence-corrected chi connectivity index (χ2v) is 7.02. The van der Waals surface area contributed by atoms with Crippen molar-refractivity contribution in [3.8, 4) is 0 Å². The highest BCUT2D eigenvalue weighted by molar-refractivity contribution is 5.81. The molecule has 122 valence electrons. The van der Waals surface area contributed by atoms with Crippen LogP contribution in [0.25, 0.3) is 0 Å². The Morgan fingerprint density at radius 3 is 2.62 bits per heavy atom. The molecule has 1 saturated carbocycles. The van der Waals surface area contributed by atoms with E-state index in [1.807, 2.05) is 21.0 Å². The topological polar surface area (TPSA) is 55.8 Å². The van der Waals surface area contributed by atoms with Gasteiger partial charge < -0.3 is 15.3 Å². The number of likely N-dealkylation sites (tertiary alicyclic amines) is 1. The Morgan fingerprint density at radius 1 is 1.33 bits per heavy atom. The van der Waals surface area contributed by atoms with E-state index in [1.54, 1.807) is 0 Å². The Kier molecular flexibility index (Phi) is 6.02. The molecule has 0 aromatic rings. The maximum atomic E-state index is 12.5. The molecule has 5 heteroatoms. The third kappa shape index (κ3) is 4.66. The van der Waals surface area contributed by atoms with Crippen molar-refractivity contribution in [2.45, 2.75) is 69.7 Å². The van der Waals surface area contributed by atoms with Gasteiger partial charge in [-0.15, -0.1) is 0 Å². The zero-order valence-electron chi connectivity index (χ0n) is 13.7. The molecule has 1 aliphatic heterocycles. The van der Waals surface area contributed by atoms with E-state index < -0.39 is 0 Å². The van der Waals surface area contributed by atoms with Gasteiger partial charge in [0.1, 0.15) is 0 Å². The Balaban J connectivity index is 1.90. The Morgan fingerprint density at radius 2 is 2.00 bits per heavy atom. The minimum Gasteiger partial charge on any atom is -0.392 e. The summed E-state index contributed by atoms with van der Waals surface area (Å²) in [5.41, 5.74) is 0. The number of carbonyl (C=O) groups is 1. The third-order valence-corrected chi connectivity index (χ3v) is 4.84. The van der Waals surface area contributed by atoms with Crippen molar-refractivity contribution >= 4 is 5.91 Å². The molecule has 3 atom stereocenters. The number of nitrogens with one attached hydrogen (secondary N) is 1. The summed E-state index contributed by atoms with van der Waals surface area (Å²) in [6, 6.07) is 0.463. The van der Waals surface area contributed by atoms with Gasteiger partial charge in [-0.05, 0) is 40.3 Å². The third-order valence-electron chi connectivity index (χ3n) is 4.84. The minimum absolute atomic E-state index is 0.125. The van der Waals surface area contributed by atoms with Crippen LogP contribution in [0.2, 0.25) is 0 Å². The van der Waals surface area contributed by atoms with Gasteiger partial charge in [0.25, 0.3) is 0 Å². The Hall–Kier alpha value is -0.650. The van der Waals surface area contributed by atoms with E-state index in [1.165, 1.54) is 19.3 Å². The molecule has 0 bridgehead atoms. The van der Waals surface area contributed by atoms with E-state index in [-0.39, 0.29) is 24.1 Å². The Labute approximate surface area is 128 Å². The maximum absolute atomic E-state index is 12.5. The van der Waals surface area contributed by atoms with Gasteiger partial charge in [-0.3, -0.25) is 9.69 Å². The van der Waals surface area contributed by atoms with Gasteiger partial charge >= 0.3 is 0 Å². The number of nitrogens with zero attached hydrogens (tertiary/aromatic N) is 2. The van der Waals surface area contributed by atoms with Gasteiger partial charge in [-0.25, -0.2) is 0 Å². The average molecular weight is 297 g/mol. The second-order valence-electron chi connectivity index (χ2n) is 7.02. The maximum Gasteiger partial charge on any atom is 0.237 e. The van der Waals surface area contributed by atoms with Crippen LogP contribution < -0.4 is 5.32 Å². The highest BCUT2D eigenvalue weighted by Gasteiger charge is 2.37.